The van der Waals surface area contributed by atoms with Gasteiger partial charge in [-0.1, -0.05) is 25.5 Å². The van der Waals surface area contributed by atoms with E-state index in [1.807, 2.05) is 25.1 Å². The summed E-state index contributed by atoms with van der Waals surface area (Å²) in [6, 6.07) is 5.74. The van der Waals surface area contributed by atoms with Crippen LogP contribution in [-0.2, 0) is 0 Å². The number of aryl methyl sites for hydroxylation is 1. The number of ether oxygens (including phenoxy) is 1. The minimum Gasteiger partial charge on any atom is -0.493 e. The van der Waals surface area contributed by atoms with Crippen molar-refractivity contribution < 1.29 is 9.53 Å². The average Bonchev–Trinajstić information content (AvgIpc) is 2.34. The van der Waals surface area contributed by atoms with E-state index in [4.69, 9.17) is 16.3 Å². The third-order valence-electron chi connectivity index (χ3n) is 2.55. The first-order chi connectivity index (χ1) is 8.54. The van der Waals surface area contributed by atoms with Crippen molar-refractivity contribution in [3.05, 3.63) is 29.3 Å². The molecule has 2 nitrogen and oxygen atoms in total. The Morgan fingerprint density at radius 1 is 1.39 bits per heavy atom. The summed E-state index contributed by atoms with van der Waals surface area (Å²) < 4.78 is 5.70. The van der Waals surface area contributed by atoms with Crippen LogP contribution in [0, 0.1) is 12.8 Å². The maximum Gasteiger partial charge on any atom is 0.166 e. The monoisotopic (exact) mass is 268 g/mol. The largest absolute Gasteiger partial charge is 0.493 e. The molecule has 0 bridgehead atoms. The molecule has 0 aliphatic rings. The number of hydrogen-bond acceptors (Lipinski definition) is 2. The Morgan fingerprint density at radius 2 is 2.11 bits per heavy atom. The number of hydrogen-bond donors (Lipinski definition) is 0. The standard InChI is InChI=1S/C15H21ClO2/c1-11(2)10-18-15-7-6-12(3)9-13(15)14(17)5-4-8-16/h6-7,9,11H,4-5,8,10H2,1-3H3. The second-order valence-corrected chi connectivity index (χ2v) is 5.30. The van der Waals surface area contributed by atoms with E-state index in [1.54, 1.807) is 0 Å². The lowest BCUT2D eigenvalue weighted by Crippen LogP contribution is -2.09. The zero-order valence-corrected chi connectivity index (χ0v) is 12.1. The van der Waals surface area contributed by atoms with Crippen LogP contribution in [0.4, 0.5) is 0 Å². The topological polar surface area (TPSA) is 26.3 Å². The average molecular weight is 269 g/mol. The van der Waals surface area contributed by atoms with Crippen molar-refractivity contribution in [2.24, 2.45) is 5.92 Å². The fourth-order valence-corrected chi connectivity index (χ4v) is 1.74. The molecule has 1 aromatic rings. The minimum atomic E-state index is 0.109. The van der Waals surface area contributed by atoms with Gasteiger partial charge < -0.3 is 4.74 Å². The summed E-state index contributed by atoms with van der Waals surface area (Å²) in [5.41, 5.74) is 1.75. The van der Waals surface area contributed by atoms with Crippen LogP contribution >= 0.6 is 11.6 Å². The van der Waals surface area contributed by atoms with Crippen LogP contribution in [0.5, 0.6) is 5.75 Å². The molecule has 0 aliphatic heterocycles. The Morgan fingerprint density at radius 3 is 2.72 bits per heavy atom. The van der Waals surface area contributed by atoms with Crippen molar-refractivity contribution in [3.8, 4) is 5.75 Å². The zero-order valence-electron chi connectivity index (χ0n) is 11.3. The van der Waals surface area contributed by atoms with E-state index in [0.717, 1.165) is 5.56 Å². The van der Waals surface area contributed by atoms with Gasteiger partial charge in [-0.2, -0.15) is 0 Å². The molecule has 0 aliphatic carbocycles. The Bertz CT molecular complexity index is 399. The summed E-state index contributed by atoms with van der Waals surface area (Å²) in [4.78, 5) is 12.1. The molecule has 0 amide bonds. The molecular weight excluding hydrogens is 248 g/mol. The first kappa shape index (κ1) is 15.0. The molecular formula is C15H21ClO2. The zero-order chi connectivity index (χ0) is 13.5. The van der Waals surface area contributed by atoms with Crippen molar-refractivity contribution in [2.45, 2.75) is 33.6 Å². The van der Waals surface area contributed by atoms with Gasteiger partial charge in [0.05, 0.1) is 12.2 Å². The predicted octanol–water partition coefficient (Wildman–Crippen LogP) is 4.23. The first-order valence-corrected chi connectivity index (χ1v) is 6.90. The third kappa shape index (κ3) is 4.69. The van der Waals surface area contributed by atoms with Gasteiger partial charge in [0.2, 0.25) is 0 Å². The first-order valence-electron chi connectivity index (χ1n) is 6.37. The Hall–Kier alpha value is -1.02. The fourth-order valence-electron chi connectivity index (χ4n) is 1.61. The van der Waals surface area contributed by atoms with Crippen molar-refractivity contribution in [1.29, 1.82) is 0 Å². The number of halogens is 1. The van der Waals surface area contributed by atoms with Crippen LogP contribution in [0.2, 0.25) is 0 Å². The van der Waals surface area contributed by atoms with E-state index in [0.29, 0.717) is 42.6 Å². The molecule has 0 unspecified atom stereocenters. The molecule has 0 heterocycles. The number of alkyl halides is 1. The summed E-state index contributed by atoms with van der Waals surface area (Å²) in [6.45, 7) is 6.77. The highest BCUT2D eigenvalue weighted by molar-refractivity contribution is 6.18. The van der Waals surface area contributed by atoms with Gasteiger partial charge in [-0.3, -0.25) is 4.79 Å². The van der Waals surface area contributed by atoms with E-state index in [1.165, 1.54) is 0 Å². The summed E-state index contributed by atoms with van der Waals surface area (Å²) in [5, 5.41) is 0. The van der Waals surface area contributed by atoms with E-state index in [2.05, 4.69) is 13.8 Å². The van der Waals surface area contributed by atoms with E-state index < -0.39 is 0 Å². The van der Waals surface area contributed by atoms with Crippen LogP contribution < -0.4 is 4.74 Å². The van der Waals surface area contributed by atoms with Gasteiger partial charge >= 0.3 is 0 Å². The Labute approximate surface area is 114 Å². The maximum absolute atomic E-state index is 12.1. The second-order valence-electron chi connectivity index (χ2n) is 4.92. The van der Waals surface area contributed by atoms with Gasteiger partial charge in [0.25, 0.3) is 0 Å². The molecule has 0 spiro atoms. The predicted molar refractivity (Wildman–Crippen MR) is 75.8 cm³/mol. The van der Waals surface area contributed by atoms with Crippen LogP contribution in [-0.4, -0.2) is 18.3 Å². The summed E-state index contributed by atoms with van der Waals surface area (Å²) in [7, 11) is 0. The lowest BCUT2D eigenvalue weighted by Gasteiger charge is -2.13. The molecule has 0 saturated heterocycles. The van der Waals surface area contributed by atoms with Gasteiger partial charge in [0.15, 0.2) is 5.78 Å². The highest BCUT2D eigenvalue weighted by atomic mass is 35.5. The normalized spacial score (nSPS) is 10.7. The molecule has 100 valence electrons. The van der Waals surface area contributed by atoms with Crippen LogP contribution in [0.1, 0.15) is 42.6 Å². The van der Waals surface area contributed by atoms with Gasteiger partial charge in [0.1, 0.15) is 5.75 Å². The lowest BCUT2D eigenvalue weighted by atomic mass is 10.0. The molecule has 3 heteroatoms. The van der Waals surface area contributed by atoms with Gasteiger partial charge in [-0.15, -0.1) is 11.6 Å². The molecule has 18 heavy (non-hydrogen) atoms. The molecule has 0 atom stereocenters. The lowest BCUT2D eigenvalue weighted by molar-refractivity contribution is 0.0977. The minimum absolute atomic E-state index is 0.109. The molecule has 0 saturated carbocycles. The van der Waals surface area contributed by atoms with Gasteiger partial charge in [-0.05, 0) is 31.4 Å². The second kappa shape index (κ2) is 7.42. The number of benzene rings is 1. The summed E-state index contributed by atoms with van der Waals surface area (Å²) in [6.07, 6.45) is 1.18. The van der Waals surface area contributed by atoms with Crippen LogP contribution in [0.3, 0.4) is 0 Å². The number of rotatable bonds is 7. The van der Waals surface area contributed by atoms with Crippen molar-refractivity contribution >= 4 is 17.4 Å². The fraction of sp³-hybridized carbons (Fsp3) is 0.533. The highest BCUT2D eigenvalue weighted by Gasteiger charge is 2.13. The van der Waals surface area contributed by atoms with Crippen LogP contribution in [0.25, 0.3) is 0 Å². The third-order valence-corrected chi connectivity index (χ3v) is 2.81. The van der Waals surface area contributed by atoms with Crippen molar-refractivity contribution in [2.75, 3.05) is 12.5 Å². The van der Waals surface area contributed by atoms with Crippen LogP contribution in [0.15, 0.2) is 18.2 Å². The number of ketones is 1. The van der Waals surface area contributed by atoms with Crippen molar-refractivity contribution in [1.82, 2.24) is 0 Å². The molecule has 0 N–H and O–H groups in total. The molecule has 0 aromatic heterocycles. The van der Waals surface area contributed by atoms with Crippen molar-refractivity contribution in [3.63, 3.8) is 0 Å². The molecule has 0 fully saturated rings. The Balaban J connectivity index is 2.85. The molecule has 0 radical (unpaired) electrons. The summed E-state index contributed by atoms with van der Waals surface area (Å²) in [5.74, 6) is 1.75. The van der Waals surface area contributed by atoms with E-state index in [9.17, 15) is 4.79 Å². The van der Waals surface area contributed by atoms with Gasteiger partial charge in [-0.25, -0.2) is 0 Å². The Kier molecular flexibility index (Phi) is 6.20. The number of carbonyl (C=O) groups is 1. The summed E-state index contributed by atoms with van der Waals surface area (Å²) >= 11 is 5.62. The smallest absolute Gasteiger partial charge is 0.166 e. The highest BCUT2D eigenvalue weighted by Crippen LogP contribution is 2.23. The SMILES string of the molecule is Cc1ccc(OCC(C)C)c(C(=O)CCCCl)c1. The maximum atomic E-state index is 12.1. The van der Waals surface area contributed by atoms with Gasteiger partial charge in [0, 0.05) is 12.3 Å². The molecule has 1 rings (SSSR count). The molecule has 1 aromatic carbocycles. The number of Topliss-reactive ketones (excluding diaryl/α,β-unsaturated/α-hetero) is 1. The quantitative estimate of drug-likeness (QED) is 0.546. The van der Waals surface area contributed by atoms with E-state index >= 15 is 0 Å². The van der Waals surface area contributed by atoms with E-state index in [-0.39, 0.29) is 5.78 Å². The number of carbonyl (C=O) groups excluding carboxylic acids is 1.